The van der Waals surface area contributed by atoms with E-state index in [1.165, 1.54) is 11.3 Å². The van der Waals surface area contributed by atoms with Gasteiger partial charge in [0.1, 0.15) is 0 Å². The van der Waals surface area contributed by atoms with Crippen LogP contribution < -0.4 is 5.73 Å². The molecule has 1 heterocycles. The van der Waals surface area contributed by atoms with Crippen molar-refractivity contribution in [2.75, 3.05) is 5.75 Å². The molecule has 2 aromatic rings. The topological polar surface area (TPSA) is 60.2 Å². The quantitative estimate of drug-likeness (QED) is 0.926. The van der Waals surface area contributed by atoms with Gasteiger partial charge >= 0.3 is 0 Å². The number of hydrogen-bond acceptors (Lipinski definition) is 4. The van der Waals surface area contributed by atoms with E-state index in [0.29, 0.717) is 6.54 Å². The molecular weight excluding hydrogens is 254 g/mol. The van der Waals surface area contributed by atoms with Crippen LogP contribution in [0.2, 0.25) is 0 Å². The Morgan fingerprint density at radius 3 is 2.76 bits per heavy atom. The second kappa shape index (κ2) is 4.76. The van der Waals surface area contributed by atoms with Crippen LogP contribution >= 0.6 is 11.3 Å². The zero-order chi connectivity index (χ0) is 12.5. The maximum absolute atomic E-state index is 11.6. The summed E-state index contributed by atoms with van der Waals surface area (Å²) in [5.41, 5.74) is 6.73. The van der Waals surface area contributed by atoms with Gasteiger partial charge in [-0.15, -0.1) is 11.3 Å². The number of hydrogen-bond donors (Lipinski definition) is 1. The number of thiophene rings is 1. The highest BCUT2D eigenvalue weighted by atomic mass is 32.2. The lowest BCUT2D eigenvalue weighted by Crippen LogP contribution is -2.05. The zero-order valence-corrected chi connectivity index (χ0v) is 11.3. The molecule has 0 bridgehead atoms. The molecule has 0 saturated heterocycles. The highest BCUT2D eigenvalue weighted by Crippen LogP contribution is 2.29. The van der Waals surface area contributed by atoms with E-state index in [0.717, 1.165) is 20.5 Å². The van der Waals surface area contributed by atoms with Crippen LogP contribution in [0, 0.1) is 0 Å². The van der Waals surface area contributed by atoms with Gasteiger partial charge in [-0.25, -0.2) is 8.42 Å². The monoisotopic (exact) mass is 269 g/mol. The van der Waals surface area contributed by atoms with E-state index < -0.39 is 9.84 Å². The first-order valence-corrected chi connectivity index (χ1v) is 8.10. The van der Waals surface area contributed by atoms with Gasteiger partial charge in [0, 0.05) is 21.9 Å². The van der Waals surface area contributed by atoms with Crippen LogP contribution in [0.1, 0.15) is 17.4 Å². The van der Waals surface area contributed by atoms with Gasteiger partial charge in [-0.3, -0.25) is 0 Å². The van der Waals surface area contributed by atoms with Gasteiger partial charge in [0.25, 0.3) is 0 Å². The fourth-order valence-corrected chi connectivity index (χ4v) is 4.14. The summed E-state index contributed by atoms with van der Waals surface area (Å²) in [5, 5.41) is 1.08. The summed E-state index contributed by atoms with van der Waals surface area (Å²) in [6.07, 6.45) is 0. The Kier molecular flexibility index (Phi) is 3.51. The number of rotatable bonds is 4. The average Bonchev–Trinajstić information content (AvgIpc) is 2.70. The predicted molar refractivity (Wildman–Crippen MR) is 72.9 cm³/mol. The molecule has 0 saturated carbocycles. The van der Waals surface area contributed by atoms with E-state index in [1.807, 2.05) is 24.3 Å². The molecule has 1 aromatic carbocycles. The van der Waals surface area contributed by atoms with Gasteiger partial charge in [-0.2, -0.15) is 0 Å². The van der Waals surface area contributed by atoms with Gasteiger partial charge in [0.2, 0.25) is 0 Å². The van der Waals surface area contributed by atoms with E-state index in [9.17, 15) is 8.42 Å². The first kappa shape index (κ1) is 12.5. The molecule has 0 atom stereocenters. The molecule has 17 heavy (non-hydrogen) atoms. The maximum Gasteiger partial charge on any atom is 0.154 e. The van der Waals surface area contributed by atoms with Gasteiger partial charge in [0.05, 0.1) is 5.75 Å². The highest BCUT2D eigenvalue weighted by Gasteiger charge is 2.12. The molecule has 0 spiro atoms. The predicted octanol–water partition coefficient (Wildman–Crippen LogP) is 2.29. The number of fused-ring (bicyclic) bond motifs is 1. The second-order valence-corrected chi connectivity index (χ2v) is 7.44. The number of benzene rings is 1. The SMILES string of the molecule is CCS(=O)(=O)Cc1cc2c(CN)cccc2s1. The third kappa shape index (κ3) is 2.68. The summed E-state index contributed by atoms with van der Waals surface area (Å²) in [5.74, 6) is 0.317. The van der Waals surface area contributed by atoms with Crippen molar-refractivity contribution in [2.24, 2.45) is 5.73 Å². The Morgan fingerprint density at radius 1 is 1.35 bits per heavy atom. The molecule has 3 nitrogen and oxygen atoms in total. The van der Waals surface area contributed by atoms with E-state index in [4.69, 9.17) is 5.73 Å². The second-order valence-electron chi connectivity index (χ2n) is 3.92. The first-order chi connectivity index (χ1) is 8.05. The summed E-state index contributed by atoms with van der Waals surface area (Å²) in [6.45, 7) is 2.15. The van der Waals surface area contributed by atoms with Gasteiger partial charge in [0.15, 0.2) is 9.84 Å². The Morgan fingerprint density at radius 2 is 2.12 bits per heavy atom. The third-order valence-electron chi connectivity index (χ3n) is 2.72. The molecule has 0 amide bonds. The van der Waals surface area contributed by atoms with Crippen LogP contribution in [0.3, 0.4) is 0 Å². The van der Waals surface area contributed by atoms with Crippen molar-refractivity contribution < 1.29 is 8.42 Å². The molecule has 0 aliphatic heterocycles. The van der Waals surface area contributed by atoms with Gasteiger partial charge < -0.3 is 5.73 Å². The molecule has 0 unspecified atom stereocenters. The first-order valence-electron chi connectivity index (χ1n) is 5.46. The van der Waals surface area contributed by atoms with Crippen LogP contribution in [-0.2, 0) is 22.1 Å². The fourth-order valence-electron chi connectivity index (χ4n) is 1.74. The molecule has 92 valence electrons. The van der Waals surface area contributed by atoms with Crippen molar-refractivity contribution in [1.29, 1.82) is 0 Å². The molecule has 0 radical (unpaired) electrons. The van der Waals surface area contributed by atoms with E-state index >= 15 is 0 Å². The molecule has 0 aliphatic carbocycles. The molecule has 0 aliphatic rings. The Hall–Kier alpha value is -0.910. The Bertz CT molecular complexity index is 629. The summed E-state index contributed by atoms with van der Waals surface area (Å²) in [7, 11) is -2.96. The lowest BCUT2D eigenvalue weighted by Gasteiger charge is -1.97. The van der Waals surface area contributed by atoms with Crippen molar-refractivity contribution >= 4 is 31.3 Å². The average molecular weight is 269 g/mol. The normalized spacial score (nSPS) is 12.1. The summed E-state index contributed by atoms with van der Waals surface area (Å²) in [4.78, 5) is 0.891. The Balaban J connectivity index is 2.45. The third-order valence-corrected chi connectivity index (χ3v) is 5.64. The smallest absolute Gasteiger partial charge is 0.154 e. The minimum absolute atomic E-state index is 0.132. The minimum Gasteiger partial charge on any atom is -0.326 e. The molecule has 0 fully saturated rings. The van der Waals surface area contributed by atoms with Crippen LogP contribution in [0.15, 0.2) is 24.3 Å². The maximum atomic E-state index is 11.6. The number of sulfone groups is 1. The van der Waals surface area contributed by atoms with Crippen LogP contribution in [0.25, 0.3) is 10.1 Å². The van der Waals surface area contributed by atoms with Crippen molar-refractivity contribution in [1.82, 2.24) is 0 Å². The molecular formula is C12H15NO2S2. The van der Waals surface area contributed by atoms with E-state index in [-0.39, 0.29) is 11.5 Å². The van der Waals surface area contributed by atoms with Crippen LogP contribution in [-0.4, -0.2) is 14.2 Å². The Labute approximate surface area is 105 Å². The summed E-state index contributed by atoms with van der Waals surface area (Å²) >= 11 is 1.53. The lowest BCUT2D eigenvalue weighted by molar-refractivity contribution is 0.597. The fraction of sp³-hybridized carbons (Fsp3) is 0.333. The van der Waals surface area contributed by atoms with Crippen molar-refractivity contribution in [3.63, 3.8) is 0 Å². The highest BCUT2D eigenvalue weighted by molar-refractivity contribution is 7.90. The number of nitrogens with two attached hydrogens (primary N) is 1. The van der Waals surface area contributed by atoms with Crippen molar-refractivity contribution in [3.8, 4) is 0 Å². The molecule has 2 N–H and O–H groups in total. The zero-order valence-electron chi connectivity index (χ0n) is 9.64. The van der Waals surface area contributed by atoms with Crippen molar-refractivity contribution in [2.45, 2.75) is 19.2 Å². The minimum atomic E-state index is -2.96. The molecule has 2 rings (SSSR count). The standard InChI is InChI=1S/C12H15NO2S2/c1-2-17(14,15)8-10-6-11-9(7-13)4-3-5-12(11)16-10/h3-6H,2,7-8,13H2,1H3. The van der Waals surface area contributed by atoms with Crippen LogP contribution in [0.4, 0.5) is 0 Å². The van der Waals surface area contributed by atoms with Crippen molar-refractivity contribution in [3.05, 3.63) is 34.7 Å². The molecule has 5 heteroatoms. The van der Waals surface area contributed by atoms with Gasteiger partial charge in [-0.1, -0.05) is 19.1 Å². The van der Waals surface area contributed by atoms with E-state index in [2.05, 4.69) is 0 Å². The van der Waals surface area contributed by atoms with Gasteiger partial charge in [-0.05, 0) is 23.1 Å². The largest absolute Gasteiger partial charge is 0.326 e. The van der Waals surface area contributed by atoms with E-state index in [1.54, 1.807) is 6.92 Å². The summed E-state index contributed by atoms with van der Waals surface area (Å²) < 4.78 is 24.3. The van der Waals surface area contributed by atoms with Crippen LogP contribution in [0.5, 0.6) is 0 Å². The molecule has 1 aromatic heterocycles. The summed E-state index contributed by atoms with van der Waals surface area (Å²) in [6, 6.07) is 7.89. The lowest BCUT2D eigenvalue weighted by atomic mass is 10.1.